The molecule has 1 N–H and O–H groups in total. The molecule has 13 heavy (non-hydrogen) atoms. The Bertz CT molecular complexity index is 334. The fourth-order valence-corrected chi connectivity index (χ4v) is 1.47. The average Bonchev–Trinajstić information content (AvgIpc) is 2.50. The first-order valence-corrected chi connectivity index (χ1v) is 4.27. The molecule has 0 bridgehead atoms. The van der Waals surface area contributed by atoms with Crippen LogP contribution in [0.2, 0.25) is 0 Å². The summed E-state index contributed by atoms with van der Waals surface area (Å²) in [7, 11) is 1.28. The van der Waals surface area contributed by atoms with Gasteiger partial charge in [-0.25, -0.2) is 9.78 Å². The lowest BCUT2D eigenvalue weighted by Gasteiger charge is -1.93. The van der Waals surface area contributed by atoms with Gasteiger partial charge in [0, 0.05) is 6.92 Å². The van der Waals surface area contributed by atoms with Gasteiger partial charge < -0.3 is 10.1 Å². The highest BCUT2D eigenvalue weighted by molar-refractivity contribution is 7.17. The summed E-state index contributed by atoms with van der Waals surface area (Å²) in [6, 6.07) is 0. The van der Waals surface area contributed by atoms with Crippen molar-refractivity contribution in [2.24, 2.45) is 0 Å². The van der Waals surface area contributed by atoms with Crippen molar-refractivity contribution in [1.29, 1.82) is 0 Å². The van der Waals surface area contributed by atoms with E-state index in [1.807, 2.05) is 0 Å². The molecule has 5 nitrogen and oxygen atoms in total. The number of methoxy groups -OCH3 is 1. The molecule has 1 aromatic rings. The van der Waals surface area contributed by atoms with Crippen molar-refractivity contribution >= 4 is 28.2 Å². The Balaban J connectivity index is 2.74. The van der Waals surface area contributed by atoms with Crippen molar-refractivity contribution < 1.29 is 14.3 Å². The second-order valence-corrected chi connectivity index (χ2v) is 3.23. The Labute approximate surface area is 78.7 Å². The van der Waals surface area contributed by atoms with Crippen LogP contribution in [0.4, 0.5) is 5.00 Å². The third-order valence-electron chi connectivity index (χ3n) is 1.16. The second-order valence-electron chi connectivity index (χ2n) is 2.20. The molecule has 1 heterocycles. The molecule has 0 aliphatic rings. The van der Waals surface area contributed by atoms with Crippen molar-refractivity contribution in [1.82, 2.24) is 4.98 Å². The number of anilines is 1. The first-order valence-electron chi connectivity index (χ1n) is 3.45. The SMILES string of the molecule is COC(=O)c1ncc(NC(C)=O)s1. The Morgan fingerprint density at radius 1 is 1.62 bits per heavy atom. The predicted octanol–water partition coefficient (Wildman–Crippen LogP) is 0.888. The molecule has 0 aromatic carbocycles. The number of hydrogen-bond acceptors (Lipinski definition) is 5. The van der Waals surface area contributed by atoms with E-state index in [2.05, 4.69) is 15.0 Å². The van der Waals surface area contributed by atoms with E-state index >= 15 is 0 Å². The van der Waals surface area contributed by atoms with Crippen molar-refractivity contribution in [2.75, 3.05) is 12.4 Å². The molecular weight excluding hydrogens is 192 g/mol. The van der Waals surface area contributed by atoms with E-state index < -0.39 is 5.97 Å². The van der Waals surface area contributed by atoms with Crippen molar-refractivity contribution in [3.63, 3.8) is 0 Å². The summed E-state index contributed by atoms with van der Waals surface area (Å²) in [4.78, 5) is 25.3. The van der Waals surface area contributed by atoms with Crippen LogP contribution in [0.3, 0.4) is 0 Å². The normalized spacial score (nSPS) is 9.38. The van der Waals surface area contributed by atoms with Gasteiger partial charge in [0.25, 0.3) is 0 Å². The fraction of sp³-hybridized carbons (Fsp3) is 0.286. The number of nitrogens with one attached hydrogen (secondary N) is 1. The van der Waals surface area contributed by atoms with Crippen LogP contribution in [0.5, 0.6) is 0 Å². The van der Waals surface area contributed by atoms with E-state index in [4.69, 9.17) is 0 Å². The minimum Gasteiger partial charge on any atom is -0.464 e. The molecule has 0 saturated heterocycles. The van der Waals surface area contributed by atoms with Gasteiger partial charge in [0.05, 0.1) is 13.3 Å². The molecule has 1 amide bonds. The van der Waals surface area contributed by atoms with Gasteiger partial charge in [0.2, 0.25) is 10.9 Å². The van der Waals surface area contributed by atoms with Crippen molar-refractivity contribution in [3.05, 3.63) is 11.2 Å². The van der Waals surface area contributed by atoms with Crippen LogP contribution < -0.4 is 5.32 Å². The molecule has 0 aliphatic carbocycles. The molecular formula is C7H8N2O3S. The molecule has 0 fully saturated rings. The van der Waals surface area contributed by atoms with E-state index in [1.165, 1.54) is 20.2 Å². The zero-order valence-electron chi connectivity index (χ0n) is 7.16. The number of hydrogen-bond donors (Lipinski definition) is 1. The quantitative estimate of drug-likeness (QED) is 0.720. The van der Waals surface area contributed by atoms with Gasteiger partial charge >= 0.3 is 5.97 Å². The van der Waals surface area contributed by atoms with Crippen LogP contribution in [0.25, 0.3) is 0 Å². The highest BCUT2D eigenvalue weighted by Gasteiger charge is 2.10. The van der Waals surface area contributed by atoms with Gasteiger partial charge in [-0.1, -0.05) is 11.3 Å². The van der Waals surface area contributed by atoms with E-state index in [0.717, 1.165) is 11.3 Å². The first kappa shape index (κ1) is 9.66. The standard InChI is InChI=1S/C7H8N2O3S/c1-4(10)9-5-3-8-6(13-5)7(11)12-2/h3H,1-2H3,(H,9,10). The number of aromatic nitrogens is 1. The second kappa shape index (κ2) is 3.99. The summed E-state index contributed by atoms with van der Waals surface area (Å²) in [6.45, 7) is 1.39. The lowest BCUT2D eigenvalue weighted by molar-refractivity contribution is -0.114. The molecule has 70 valence electrons. The van der Waals surface area contributed by atoms with E-state index in [-0.39, 0.29) is 10.9 Å². The van der Waals surface area contributed by atoms with Gasteiger partial charge in [-0.05, 0) is 0 Å². The van der Waals surface area contributed by atoms with Crippen LogP contribution in [0, 0.1) is 0 Å². The summed E-state index contributed by atoms with van der Waals surface area (Å²) in [5.74, 6) is -0.693. The van der Waals surface area contributed by atoms with Gasteiger partial charge in [-0.3, -0.25) is 4.79 Å². The summed E-state index contributed by atoms with van der Waals surface area (Å²) < 4.78 is 4.45. The zero-order valence-corrected chi connectivity index (χ0v) is 7.97. The fourth-order valence-electron chi connectivity index (χ4n) is 0.687. The maximum Gasteiger partial charge on any atom is 0.367 e. The smallest absolute Gasteiger partial charge is 0.367 e. The van der Waals surface area contributed by atoms with Crippen LogP contribution in [0.15, 0.2) is 6.20 Å². The summed E-state index contributed by atoms with van der Waals surface area (Å²) in [5, 5.41) is 3.28. The lowest BCUT2D eigenvalue weighted by atomic mass is 10.7. The monoisotopic (exact) mass is 200 g/mol. The first-order chi connectivity index (χ1) is 6.13. The zero-order chi connectivity index (χ0) is 9.84. The lowest BCUT2D eigenvalue weighted by Crippen LogP contribution is -2.03. The van der Waals surface area contributed by atoms with E-state index in [9.17, 15) is 9.59 Å². The Morgan fingerprint density at radius 3 is 2.85 bits per heavy atom. The number of carbonyl (C=O) groups excluding carboxylic acids is 2. The Kier molecular flexibility index (Phi) is 2.97. The van der Waals surface area contributed by atoms with Crippen molar-refractivity contribution in [2.45, 2.75) is 6.92 Å². The number of ether oxygens (including phenoxy) is 1. The minimum absolute atomic E-state index is 0.194. The summed E-state index contributed by atoms with van der Waals surface area (Å²) in [5.41, 5.74) is 0. The number of amides is 1. The number of nitrogens with zero attached hydrogens (tertiary/aromatic N) is 1. The summed E-state index contributed by atoms with van der Waals surface area (Å²) >= 11 is 1.08. The summed E-state index contributed by atoms with van der Waals surface area (Å²) in [6.07, 6.45) is 1.42. The van der Waals surface area contributed by atoms with Crippen LogP contribution in [-0.2, 0) is 9.53 Å². The Morgan fingerprint density at radius 2 is 2.31 bits per heavy atom. The largest absolute Gasteiger partial charge is 0.464 e. The van der Waals surface area contributed by atoms with Gasteiger partial charge in [-0.15, -0.1) is 0 Å². The van der Waals surface area contributed by atoms with Gasteiger partial charge in [-0.2, -0.15) is 0 Å². The highest BCUT2D eigenvalue weighted by atomic mass is 32.1. The van der Waals surface area contributed by atoms with Crippen LogP contribution >= 0.6 is 11.3 Å². The molecule has 1 aromatic heterocycles. The van der Waals surface area contributed by atoms with Gasteiger partial charge in [0.15, 0.2) is 0 Å². The average molecular weight is 200 g/mol. The van der Waals surface area contributed by atoms with Crippen molar-refractivity contribution in [3.8, 4) is 0 Å². The molecule has 1 rings (SSSR count). The molecule has 0 unspecified atom stereocenters. The molecule has 6 heteroatoms. The highest BCUT2D eigenvalue weighted by Crippen LogP contribution is 2.18. The minimum atomic E-state index is -0.499. The Hall–Kier alpha value is -1.43. The third kappa shape index (κ3) is 2.51. The van der Waals surface area contributed by atoms with Gasteiger partial charge in [0.1, 0.15) is 5.00 Å². The van der Waals surface area contributed by atoms with Crippen LogP contribution in [-0.4, -0.2) is 24.0 Å². The van der Waals surface area contributed by atoms with E-state index in [1.54, 1.807) is 0 Å². The predicted molar refractivity (Wildman–Crippen MR) is 47.8 cm³/mol. The van der Waals surface area contributed by atoms with E-state index in [0.29, 0.717) is 5.00 Å². The molecule has 0 atom stereocenters. The molecule has 0 radical (unpaired) electrons. The third-order valence-corrected chi connectivity index (χ3v) is 2.06. The molecule has 0 saturated carbocycles. The topological polar surface area (TPSA) is 68.3 Å². The maximum atomic E-state index is 10.9. The van der Waals surface area contributed by atoms with Crippen LogP contribution in [0.1, 0.15) is 16.7 Å². The molecule has 0 spiro atoms. The number of carbonyl (C=O) groups is 2. The number of thiazole rings is 1. The maximum absolute atomic E-state index is 10.9. The molecule has 0 aliphatic heterocycles. The number of rotatable bonds is 2. The number of esters is 1.